The van der Waals surface area contributed by atoms with Crippen molar-refractivity contribution in [2.75, 3.05) is 36.0 Å². The highest BCUT2D eigenvalue weighted by Gasteiger charge is 2.58. The maximum absolute atomic E-state index is 13.7. The third kappa shape index (κ3) is 3.71. The van der Waals surface area contributed by atoms with Gasteiger partial charge in [0.2, 0.25) is 0 Å². The van der Waals surface area contributed by atoms with Crippen LogP contribution >= 0.6 is 0 Å². The Bertz CT molecular complexity index is 2140. The van der Waals surface area contributed by atoms with Gasteiger partial charge in [0.15, 0.2) is 11.2 Å². The van der Waals surface area contributed by atoms with E-state index in [0.29, 0.717) is 45.3 Å². The third-order valence-corrected chi connectivity index (χ3v) is 11.1. The van der Waals surface area contributed by atoms with Gasteiger partial charge >= 0.3 is 11.9 Å². The zero-order valence-corrected chi connectivity index (χ0v) is 27.8. The van der Waals surface area contributed by atoms with Crippen LogP contribution in [0.4, 0.5) is 11.4 Å². The first kappa shape index (κ1) is 29.2. The van der Waals surface area contributed by atoms with Gasteiger partial charge in [-0.3, -0.25) is 0 Å². The SMILES string of the molecule is CCN(CC)c1ccc2c(c1)Oc1cc3c(cc1[C@]21OC(=O)c2ccccc21)[C@]1(OC(=O)c2ccccc21)c1ccc(N2CCCC2)cc1O3. The summed E-state index contributed by atoms with van der Waals surface area (Å²) >= 11 is 0. The van der Waals surface area contributed by atoms with Crippen molar-refractivity contribution in [3.8, 4) is 23.0 Å². The molecular weight excluding hydrogens is 628 g/mol. The van der Waals surface area contributed by atoms with Gasteiger partial charge in [-0.25, -0.2) is 9.59 Å². The molecule has 5 heterocycles. The summed E-state index contributed by atoms with van der Waals surface area (Å²) in [5.74, 6) is 1.43. The second-order valence-electron chi connectivity index (χ2n) is 13.5. The number of fused-ring (bicyclic) bond motifs is 12. The molecule has 0 unspecified atom stereocenters. The summed E-state index contributed by atoms with van der Waals surface area (Å²) < 4.78 is 26.7. The standard InChI is InChI=1S/C42H34N2O6/c1-3-43(4-2)25-15-17-31-35(21-25)47-37-24-38-34(23-33(37)41(31)29-13-7-5-11-27(29)39(45)49-41)42(30-14-8-6-12-28(30)40(46)50-42)32-18-16-26(22-36(32)48-38)44-19-9-10-20-44/h5-8,11-18,21-24H,3-4,9-10,19-20H2,1-2H3/t41-,42-/m1/s1. The van der Waals surface area contributed by atoms with Gasteiger partial charge in [0.25, 0.3) is 0 Å². The number of ether oxygens (including phenoxy) is 4. The molecule has 0 aliphatic carbocycles. The Kier molecular flexibility index (Phi) is 6.05. The first-order chi connectivity index (χ1) is 24.5. The first-order valence-electron chi connectivity index (χ1n) is 17.5. The number of carbonyl (C=O) groups excluding carboxylic acids is 2. The second-order valence-corrected chi connectivity index (χ2v) is 13.5. The van der Waals surface area contributed by atoms with Crippen molar-refractivity contribution in [1.82, 2.24) is 0 Å². The Morgan fingerprint density at radius 2 is 1.10 bits per heavy atom. The van der Waals surface area contributed by atoms with Crippen LogP contribution in [0.25, 0.3) is 0 Å². The van der Waals surface area contributed by atoms with Crippen molar-refractivity contribution < 1.29 is 28.5 Å². The van der Waals surface area contributed by atoms with Gasteiger partial charge in [-0.2, -0.15) is 0 Å². The summed E-state index contributed by atoms with van der Waals surface area (Å²) in [4.78, 5) is 32.0. The van der Waals surface area contributed by atoms with Crippen LogP contribution in [0.15, 0.2) is 97.1 Å². The van der Waals surface area contributed by atoms with Crippen LogP contribution in [0.3, 0.4) is 0 Å². The van der Waals surface area contributed by atoms with E-state index in [1.807, 2.05) is 72.8 Å². The minimum atomic E-state index is -1.31. The molecule has 5 aromatic carbocycles. The summed E-state index contributed by atoms with van der Waals surface area (Å²) in [5.41, 5.74) is 4.69. The molecule has 0 aromatic heterocycles. The van der Waals surface area contributed by atoms with E-state index in [0.717, 1.165) is 72.6 Å². The predicted octanol–water partition coefficient (Wildman–Crippen LogP) is 8.27. The van der Waals surface area contributed by atoms with Gasteiger partial charge in [0.1, 0.15) is 23.0 Å². The molecule has 0 bridgehead atoms. The number of rotatable bonds is 4. The van der Waals surface area contributed by atoms with E-state index >= 15 is 0 Å². The fourth-order valence-electron chi connectivity index (χ4n) is 8.77. The van der Waals surface area contributed by atoms with E-state index in [-0.39, 0.29) is 0 Å². The molecule has 0 saturated carbocycles. The molecule has 50 heavy (non-hydrogen) atoms. The Labute approximate surface area is 289 Å². The minimum absolute atomic E-state index is 0.404. The maximum atomic E-state index is 13.7. The van der Waals surface area contributed by atoms with Gasteiger partial charge in [-0.15, -0.1) is 0 Å². The second kappa shape index (κ2) is 10.4. The smallest absolute Gasteiger partial charge is 0.340 e. The number of esters is 2. The number of benzene rings is 5. The molecule has 5 aliphatic heterocycles. The van der Waals surface area contributed by atoms with Crippen LogP contribution in [-0.4, -0.2) is 38.1 Å². The van der Waals surface area contributed by atoms with Gasteiger partial charge in [-0.1, -0.05) is 36.4 Å². The Morgan fingerprint density at radius 3 is 1.68 bits per heavy atom. The quantitative estimate of drug-likeness (QED) is 0.178. The van der Waals surface area contributed by atoms with Crippen LogP contribution in [0.2, 0.25) is 0 Å². The molecule has 1 fully saturated rings. The number of carbonyl (C=O) groups is 2. The summed E-state index contributed by atoms with van der Waals surface area (Å²) in [6.45, 7) is 7.87. The summed E-state index contributed by atoms with van der Waals surface area (Å²) in [6.07, 6.45) is 2.29. The van der Waals surface area contributed by atoms with Crippen LogP contribution < -0.4 is 19.3 Å². The number of hydrogen-bond donors (Lipinski definition) is 0. The molecule has 248 valence electrons. The molecule has 10 rings (SSSR count). The Balaban J connectivity index is 1.25. The van der Waals surface area contributed by atoms with Crippen molar-refractivity contribution in [2.45, 2.75) is 37.9 Å². The largest absolute Gasteiger partial charge is 0.456 e. The molecule has 2 spiro atoms. The Hall–Kier alpha value is -5.76. The highest BCUT2D eigenvalue weighted by Crippen LogP contribution is 2.62. The molecule has 0 N–H and O–H groups in total. The van der Waals surface area contributed by atoms with Crippen LogP contribution in [0.1, 0.15) is 80.8 Å². The number of anilines is 2. The summed E-state index contributed by atoms with van der Waals surface area (Å²) in [5, 5.41) is 0. The molecule has 5 aromatic rings. The highest BCUT2D eigenvalue weighted by atomic mass is 16.6. The fraction of sp³-hybridized carbons (Fsp3) is 0.238. The van der Waals surface area contributed by atoms with Crippen LogP contribution in [0.5, 0.6) is 23.0 Å². The zero-order chi connectivity index (χ0) is 33.8. The number of hydrogen-bond acceptors (Lipinski definition) is 8. The van der Waals surface area contributed by atoms with E-state index in [1.165, 1.54) is 0 Å². The molecule has 2 atom stereocenters. The molecule has 8 heteroatoms. The van der Waals surface area contributed by atoms with Crippen molar-refractivity contribution in [3.05, 3.63) is 142 Å². The van der Waals surface area contributed by atoms with E-state index in [9.17, 15) is 9.59 Å². The lowest BCUT2D eigenvalue weighted by molar-refractivity contribution is 0.0208. The predicted molar refractivity (Wildman–Crippen MR) is 188 cm³/mol. The minimum Gasteiger partial charge on any atom is -0.456 e. The van der Waals surface area contributed by atoms with Gasteiger partial charge < -0.3 is 28.7 Å². The van der Waals surface area contributed by atoms with E-state index in [2.05, 4.69) is 41.8 Å². The van der Waals surface area contributed by atoms with Gasteiger partial charge in [0, 0.05) is 89.1 Å². The molecule has 8 nitrogen and oxygen atoms in total. The van der Waals surface area contributed by atoms with Crippen molar-refractivity contribution in [3.63, 3.8) is 0 Å². The highest BCUT2D eigenvalue weighted by molar-refractivity contribution is 5.98. The molecule has 1 saturated heterocycles. The maximum Gasteiger partial charge on any atom is 0.340 e. The van der Waals surface area contributed by atoms with E-state index in [4.69, 9.17) is 18.9 Å². The molecule has 5 aliphatic rings. The van der Waals surface area contributed by atoms with Crippen molar-refractivity contribution in [1.29, 1.82) is 0 Å². The summed E-state index contributed by atoms with van der Waals surface area (Å²) in [6, 6.07) is 31.2. The molecule has 0 radical (unpaired) electrons. The normalized spacial score (nSPS) is 21.7. The molecule has 0 amide bonds. The average Bonchev–Trinajstić information content (AvgIpc) is 3.86. The van der Waals surface area contributed by atoms with Crippen LogP contribution in [0, 0.1) is 0 Å². The van der Waals surface area contributed by atoms with E-state index < -0.39 is 23.1 Å². The summed E-state index contributed by atoms with van der Waals surface area (Å²) in [7, 11) is 0. The number of nitrogens with zero attached hydrogens (tertiary/aromatic N) is 2. The van der Waals surface area contributed by atoms with Crippen molar-refractivity contribution >= 4 is 23.3 Å². The monoisotopic (exact) mass is 662 g/mol. The van der Waals surface area contributed by atoms with Crippen LogP contribution in [-0.2, 0) is 20.7 Å². The lowest BCUT2D eigenvalue weighted by Crippen LogP contribution is -2.36. The van der Waals surface area contributed by atoms with Gasteiger partial charge in [0.05, 0.1) is 11.1 Å². The third-order valence-electron chi connectivity index (χ3n) is 11.1. The zero-order valence-electron chi connectivity index (χ0n) is 27.8. The topological polar surface area (TPSA) is 77.5 Å². The van der Waals surface area contributed by atoms with Crippen molar-refractivity contribution in [2.24, 2.45) is 0 Å². The first-order valence-corrected chi connectivity index (χ1v) is 17.5. The average molecular weight is 663 g/mol. The lowest BCUT2D eigenvalue weighted by atomic mass is 9.73. The lowest BCUT2D eigenvalue weighted by Gasteiger charge is -2.41. The van der Waals surface area contributed by atoms with Gasteiger partial charge in [-0.05, 0) is 69.2 Å². The Morgan fingerprint density at radius 1 is 0.580 bits per heavy atom. The van der Waals surface area contributed by atoms with E-state index in [1.54, 1.807) is 6.07 Å². The fourth-order valence-corrected chi connectivity index (χ4v) is 8.77. The molecular formula is C42H34N2O6.